The summed E-state index contributed by atoms with van der Waals surface area (Å²) in [5.74, 6) is 2.34. The van der Waals surface area contributed by atoms with Gasteiger partial charge in [0.1, 0.15) is 6.26 Å². The predicted octanol–water partition coefficient (Wildman–Crippen LogP) is 0.947. The molecule has 1 aliphatic heterocycles. The van der Waals surface area contributed by atoms with Crippen LogP contribution >= 0.6 is 11.8 Å². The first-order valence-electron chi connectivity index (χ1n) is 4.82. The number of thioether (sulfide) groups is 1. The summed E-state index contributed by atoms with van der Waals surface area (Å²) in [4.78, 5) is 6.62. The van der Waals surface area contributed by atoms with Crippen LogP contribution in [-0.2, 0) is 6.54 Å². The number of hydrogen-bond acceptors (Lipinski definition) is 5. The van der Waals surface area contributed by atoms with Crippen LogP contribution in [0.5, 0.6) is 0 Å². The van der Waals surface area contributed by atoms with Crippen molar-refractivity contribution in [2.24, 2.45) is 0 Å². The van der Waals surface area contributed by atoms with Crippen LogP contribution in [0, 0.1) is 0 Å². The van der Waals surface area contributed by atoms with E-state index < -0.39 is 0 Å². The van der Waals surface area contributed by atoms with Crippen LogP contribution in [0.3, 0.4) is 0 Å². The molecule has 78 valence electrons. The molecule has 1 aliphatic rings. The molecule has 14 heavy (non-hydrogen) atoms. The van der Waals surface area contributed by atoms with E-state index in [0.29, 0.717) is 0 Å². The number of rotatable bonds is 3. The van der Waals surface area contributed by atoms with Crippen molar-refractivity contribution in [1.29, 1.82) is 0 Å². The number of anilines is 1. The Morgan fingerprint density at radius 1 is 1.57 bits per heavy atom. The van der Waals surface area contributed by atoms with Crippen molar-refractivity contribution in [1.82, 2.24) is 10.3 Å². The summed E-state index contributed by atoms with van der Waals surface area (Å²) in [6.45, 7) is 2.86. The van der Waals surface area contributed by atoms with Gasteiger partial charge >= 0.3 is 0 Å². The normalized spacial score (nSPS) is 17.4. The van der Waals surface area contributed by atoms with E-state index in [1.165, 1.54) is 11.5 Å². The van der Waals surface area contributed by atoms with Gasteiger partial charge in [-0.2, -0.15) is 16.7 Å². The lowest BCUT2D eigenvalue weighted by molar-refractivity contribution is 0.538. The fraction of sp³-hybridized carbons (Fsp3) is 0.667. The Bertz CT molecular complexity index is 283. The third-order valence-electron chi connectivity index (χ3n) is 2.18. The molecule has 0 radical (unpaired) electrons. The number of hydrogen-bond donors (Lipinski definition) is 1. The third-order valence-corrected chi connectivity index (χ3v) is 3.12. The van der Waals surface area contributed by atoms with Crippen LogP contribution in [0.1, 0.15) is 5.69 Å². The van der Waals surface area contributed by atoms with Gasteiger partial charge in [0.2, 0.25) is 0 Å². The molecule has 0 aliphatic carbocycles. The van der Waals surface area contributed by atoms with E-state index in [9.17, 15) is 0 Å². The SMILES string of the molecule is CNCc1coc(N2CCSCC2)n1. The lowest BCUT2D eigenvalue weighted by atomic mass is 10.5. The highest BCUT2D eigenvalue weighted by Crippen LogP contribution is 2.18. The molecule has 1 aromatic rings. The molecule has 5 heteroatoms. The van der Waals surface area contributed by atoms with E-state index in [4.69, 9.17) is 4.42 Å². The highest BCUT2D eigenvalue weighted by Gasteiger charge is 2.15. The quantitative estimate of drug-likeness (QED) is 0.809. The van der Waals surface area contributed by atoms with Gasteiger partial charge in [-0.15, -0.1) is 0 Å². The highest BCUT2D eigenvalue weighted by atomic mass is 32.2. The molecule has 0 amide bonds. The van der Waals surface area contributed by atoms with E-state index >= 15 is 0 Å². The maximum atomic E-state index is 5.42. The highest BCUT2D eigenvalue weighted by molar-refractivity contribution is 7.99. The van der Waals surface area contributed by atoms with Gasteiger partial charge in [-0.25, -0.2) is 0 Å². The average molecular weight is 213 g/mol. The Labute approximate surface area is 88.1 Å². The molecular weight excluding hydrogens is 198 g/mol. The van der Waals surface area contributed by atoms with Gasteiger partial charge < -0.3 is 14.6 Å². The second-order valence-electron chi connectivity index (χ2n) is 3.25. The van der Waals surface area contributed by atoms with E-state index in [1.54, 1.807) is 6.26 Å². The average Bonchev–Trinajstić information content (AvgIpc) is 2.68. The van der Waals surface area contributed by atoms with E-state index in [-0.39, 0.29) is 0 Å². The van der Waals surface area contributed by atoms with Gasteiger partial charge in [0, 0.05) is 31.1 Å². The maximum absolute atomic E-state index is 5.42. The lowest BCUT2D eigenvalue weighted by Crippen LogP contribution is -2.32. The molecule has 0 aromatic carbocycles. The summed E-state index contributed by atoms with van der Waals surface area (Å²) in [7, 11) is 1.91. The molecule has 0 bridgehead atoms. The van der Waals surface area contributed by atoms with Gasteiger partial charge in [0.05, 0.1) is 5.69 Å². The summed E-state index contributed by atoms with van der Waals surface area (Å²) in [6.07, 6.45) is 1.73. The molecule has 1 fully saturated rings. The van der Waals surface area contributed by atoms with Crippen LogP contribution in [-0.4, -0.2) is 36.6 Å². The fourth-order valence-corrected chi connectivity index (χ4v) is 2.36. The maximum Gasteiger partial charge on any atom is 0.297 e. The second kappa shape index (κ2) is 4.70. The van der Waals surface area contributed by atoms with Gasteiger partial charge in [0.15, 0.2) is 0 Å². The first-order valence-corrected chi connectivity index (χ1v) is 5.97. The number of aromatic nitrogens is 1. The van der Waals surface area contributed by atoms with Crippen LogP contribution in [0.2, 0.25) is 0 Å². The van der Waals surface area contributed by atoms with Crippen molar-refractivity contribution >= 4 is 17.8 Å². The molecule has 2 heterocycles. The minimum Gasteiger partial charge on any atom is -0.432 e. The Balaban J connectivity index is 2.00. The molecule has 1 aromatic heterocycles. The predicted molar refractivity (Wildman–Crippen MR) is 58.8 cm³/mol. The zero-order chi connectivity index (χ0) is 9.80. The monoisotopic (exact) mass is 213 g/mol. The Kier molecular flexibility index (Phi) is 3.31. The smallest absolute Gasteiger partial charge is 0.297 e. The molecule has 4 nitrogen and oxygen atoms in total. The van der Waals surface area contributed by atoms with E-state index in [2.05, 4.69) is 15.2 Å². The zero-order valence-corrected chi connectivity index (χ0v) is 9.14. The van der Waals surface area contributed by atoms with Gasteiger partial charge in [-0.3, -0.25) is 0 Å². The van der Waals surface area contributed by atoms with Crippen molar-refractivity contribution in [3.05, 3.63) is 12.0 Å². The molecule has 0 atom stereocenters. The minimum atomic E-state index is 0.770. The summed E-state index contributed by atoms with van der Waals surface area (Å²) < 4.78 is 5.42. The number of nitrogens with zero attached hydrogens (tertiary/aromatic N) is 2. The third kappa shape index (κ3) is 2.22. The van der Waals surface area contributed by atoms with Crippen molar-refractivity contribution < 1.29 is 4.42 Å². The summed E-state index contributed by atoms with van der Waals surface area (Å²) in [5, 5.41) is 3.06. The van der Waals surface area contributed by atoms with E-state index in [0.717, 1.165) is 31.3 Å². The Hall–Kier alpha value is -0.680. The first kappa shape index (κ1) is 9.86. The zero-order valence-electron chi connectivity index (χ0n) is 8.32. The molecular formula is C9H15N3OS. The Morgan fingerprint density at radius 3 is 3.07 bits per heavy atom. The van der Waals surface area contributed by atoms with Crippen molar-refractivity contribution in [2.45, 2.75) is 6.54 Å². The largest absolute Gasteiger partial charge is 0.432 e. The summed E-state index contributed by atoms with van der Waals surface area (Å²) in [5.41, 5.74) is 0.973. The molecule has 1 N–H and O–H groups in total. The summed E-state index contributed by atoms with van der Waals surface area (Å²) >= 11 is 1.99. The first-order chi connectivity index (χ1) is 6.90. The van der Waals surface area contributed by atoms with E-state index in [1.807, 2.05) is 18.8 Å². The molecule has 1 saturated heterocycles. The van der Waals surface area contributed by atoms with Crippen molar-refractivity contribution in [3.63, 3.8) is 0 Å². The molecule has 0 unspecified atom stereocenters. The van der Waals surface area contributed by atoms with Crippen LogP contribution in [0.25, 0.3) is 0 Å². The molecule has 0 saturated carbocycles. The van der Waals surface area contributed by atoms with Crippen LogP contribution < -0.4 is 10.2 Å². The van der Waals surface area contributed by atoms with Gasteiger partial charge in [-0.05, 0) is 7.05 Å². The lowest BCUT2D eigenvalue weighted by Gasteiger charge is -2.24. The number of nitrogens with one attached hydrogen (secondary N) is 1. The van der Waals surface area contributed by atoms with Crippen molar-refractivity contribution in [2.75, 3.05) is 36.5 Å². The Morgan fingerprint density at radius 2 is 2.36 bits per heavy atom. The standard InChI is InChI=1S/C9H15N3OS/c1-10-6-8-7-13-9(11-8)12-2-4-14-5-3-12/h7,10H,2-6H2,1H3. The van der Waals surface area contributed by atoms with Crippen LogP contribution in [0.15, 0.2) is 10.7 Å². The molecule has 2 rings (SSSR count). The molecule has 0 spiro atoms. The number of oxazole rings is 1. The van der Waals surface area contributed by atoms with Gasteiger partial charge in [0.25, 0.3) is 6.01 Å². The van der Waals surface area contributed by atoms with Crippen LogP contribution in [0.4, 0.5) is 6.01 Å². The second-order valence-corrected chi connectivity index (χ2v) is 4.48. The topological polar surface area (TPSA) is 41.3 Å². The van der Waals surface area contributed by atoms with Crippen molar-refractivity contribution in [3.8, 4) is 0 Å². The van der Waals surface area contributed by atoms with Gasteiger partial charge in [-0.1, -0.05) is 0 Å². The fourth-order valence-electron chi connectivity index (χ4n) is 1.46. The minimum absolute atomic E-state index is 0.770. The summed E-state index contributed by atoms with van der Waals surface area (Å²) in [6, 6.07) is 0.774.